The van der Waals surface area contributed by atoms with Gasteiger partial charge in [0, 0.05) is 37.4 Å². The second kappa shape index (κ2) is 11.5. The average Bonchev–Trinajstić information content (AvgIpc) is 3.79. The maximum absolute atomic E-state index is 6.74. The fourth-order valence-corrected chi connectivity index (χ4v) is 9.04. The first kappa shape index (κ1) is 29.1. The van der Waals surface area contributed by atoms with Crippen molar-refractivity contribution in [3.63, 3.8) is 0 Å². The molecular weight excluding hydrogens is 653 g/mol. The van der Waals surface area contributed by atoms with Crippen LogP contribution in [-0.4, -0.2) is 9.97 Å². The Labute approximate surface area is 303 Å². The number of hydrogen-bond acceptors (Lipinski definition) is 4. The zero-order chi connectivity index (χ0) is 34.2. The number of aromatic nitrogens is 2. The largest absolute Gasteiger partial charge is 0.455 e. The highest BCUT2D eigenvalue weighted by Crippen LogP contribution is 2.45. The molecule has 4 heteroatoms. The van der Waals surface area contributed by atoms with Gasteiger partial charge in [0.15, 0.2) is 5.82 Å². The fourth-order valence-electron chi connectivity index (χ4n) is 7.88. The van der Waals surface area contributed by atoms with Gasteiger partial charge in [-0.3, -0.25) is 0 Å². The van der Waals surface area contributed by atoms with Gasteiger partial charge in [0.1, 0.15) is 11.2 Å². The van der Waals surface area contributed by atoms with Crippen LogP contribution in [0.5, 0.6) is 0 Å². The number of benzene rings is 8. The van der Waals surface area contributed by atoms with Gasteiger partial charge in [-0.05, 0) is 56.6 Å². The zero-order valence-electron chi connectivity index (χ0n) is 27.9. The fraction of sp³-hybridized carbons (Fsp3) is 0. The molecule has 11 rings (SSSR count). The first-order chi connectivity index (χ1) is 25.8. The Hall–Kier alpha value is -6.62. The first-order valence-electron chi connectivity index (χ1n) is 17.5. The maximum Gasteiger partial charge on any atom is 0.161 e. The van der Waals surface area contributed by atoms with Gasteiger partial charge in [-0.15, -0.1) is 11.3 Å². The summed E-state index contributed by atoms with van der Waals surface area (Å²) in [6, 6.07) is 60.2. The summed E-state index contributed by atoms with van der Waals surface area (Å²) in [5.41, 5.74) is 10.4. The molecule has 0 unspecified atom stereocenters. The highest BCUT2D eigenvalue weighted by Gasteiger charge is 2.21. The quantitative estimate of drug-likeness (QED) is 0.186. The maximum atomic E-state index is 6.74. The molecule has 52 heavy (non-hydrogen) atoms. The van der Waals surface area contributed by atoms with Crippen molar-refractivity contribution in [1.82, 2.24) is 9.97 Å². The second-order valence-corrected chi connectivity index (χ2v) is 14.3. The summed E-state index contributed by atoms with van der Waals surface area (Å²) in [6.45, 7) is 0. The zero-order valence-corrected chi connectivity index (χ0v) is 28.7. The van der Waals surface area contributed by atoms with Crippen LogP contribution in [-0.2, 0) is 0 Å². The van der Waals surface area contributed by atoms with E-state index in [4.69, 9.17) is 14.4 Å². The molecule has 0 N–H and O–H groups in total. The highest BCUT2D eigenvalue weighted by molar-refractivity contribution is 7.26. The predicted octanol–water partition coefficient (Wildman–Crippen LogP) is 13.7. The van der Waals surface area contributed by atoms with Gasteiger partial charge in [0.2, 0.25) is 0 Å². The van der Waals surface area contributed by atoms with E-state index in [2.05, 4.69) is 164 Å². The third kappa shape index (κ3) is 4.45. The summed E-state index contributed by atoms with van der Waals surface area (Å²) >= 11 is 1.75. The predicted molar refractivity (Wildman–Crippen MR) is 219 cm³/mol. The molecule has 0 saturated carbocycles. The molecule has 0 radical (unpaired) electrons. The van der Waals surface area contributed by atoms with E-state index in [9.17, 15) is 0 Å². The van der Waals surface area contributed by atoms with Gasteiger partial charge < -0.3 is 4.42 Å². The Morgan fingerprint density at radius 1 is 0.442 bits per heavy atom. The molecular formula is C48H28N2OS. The Morgan fingerprint density at radius 3 is 1.94 bits per heavy atom. The number of hydrogen-bond donors (Lipinski definition) is 0. The first-order valence-corrected chi connectivity index (χ1v) is 18.3. The van der Waals surface area contributed by atoms with Crippen LogP contribution >= 0.6 is 11.3 Å². The van der Waals surface area contributed by atoms with Crippen molar-refractivity contribution in [2.45, 2.75) is 0 Å². The summed E-state index contributed by atoms with van der Waals surface area (Å²) in [5.74, 6) is 0.692. The number of thiophene rings is 1. The number of nitrogens with zero attached hydrogens (tertiary/aromatic N) is 2. The van der Waals surface area contributed by atoms with Crippen LogP contribution in [0.4, 0.5) is 0 Å². The van der Waals surface area contributed by atoms with Crippen molar-refractivity contribution >= 4 is 75.1 Å². The Bertz CT molecular complexity index is 3170. The third-order valence-electron chi connectivity index (χ3n) is 10.3. The number of rotatable bonds is 4. The van der Waals surface area contributed by atoms with Crippen molar-refractivity contribution in [2.75, 3.05) is 0 Å². The molecule has 0 aliphatic carbocycles. The SMILES string of the molecule is c1ccc(-c2nc(-c3cccc4oc5c6ccccc6c(-c6ccc(-c7cccc8ccccc78)cc6)cc5c34)nc3c2sc2ccccc23)cc1. The normalized spacial score (nSPS) is 11.8. The van der Waals surface area contributed by atoms with E-state index in [1.807, 2.05) is 6.07 Å². The smallest absolute Gasteiger partial charge is 0.161 e. The lowest BCUT2D eigenvalue weighted by atomic mass is 9.92. The van der Waals surface area contributed by atoms with Crippen molar-refractivity contribution in [1.29, 1.82) is 0 Å². The van der Waals surface area contributed by atoms with Gasteiger partial charge in [0.25, 0.3) is 0 Å². The Kier molecular flexibility index (Phi) is 6.42. The minimum atomic E-state index is 0.692. The summed E-state index contributed by atoms with van der Waals surface area (Å²) in [4.78, 5) is 10.7. The Morgan fingerprint density at radius 2 is 1.10 bits per heavy atom. The van der Waals surface area contributed by atoms with Gasteiger partial charge >= 0.3 is 0 Å². The summed E-state index contributed by atoms with van der Waals surface area (Å²) in [6.07, 6.45) is 0. The van der Waals surface area contributed by atoms with Crippen molar-refractivity contribution < 1.29 is 4.42 Å². The lowest BCUT2D eigenvalue weighted by Crippen LogP contribution is -1.94. The summed E-state index contributed by atoms with van der Waals surface area (Å²) in [5, 5.41) is 7.96. The average molecular weight is 681 g/mol. The van der Waals surface area contributed by atoms with Crippen molar-refractivity contribution in [2.24, 2.45) is 0 Å². The monoisotopic (exact) mass is 680 g/mol. The van der Waals surface area contributed by atoms with Crippen LogP contribution in [0.25, 0.3) is 109 Å². The van der Waals surface area contributed by atoms with E-state index in [-0.39, 0.29) is 0 Å². The van der Waals surface area contributed by atoms with Gasteiger partial charge in [-0.2, -0.15) is 0 Å². The van der Waals surface area contributed by atoms with E-state index in [0.29, 0.717) is 5.82 Å². The van der Waals surface area contributed by atoms with Crippen LogP contribution in [0.3, 0.4) is 0 Å². The minimum absolute atomic E-state index is 0.692. The van der Waals surface area contributed by atoms with E-state index < -0.39 is 0 Å². The van der Waals surface area contributed by atoms with E-state index in [0.717, 1.165) is 76.3 Å². The minimum Gasteiger partial charge on any atom is -0.455 e. The van der Waals surface area contributed by atoms with E-state index in [1.165, 1.54) is 26.6 Å². The molecule has 3 heterocycles. The molecule has 0 aliphatic heterocycles. The van der Waals surface area contributed by atoms with Gasteiger partial charge in [0.05, 0.1) is 15.9 Å². The van der Waals surface area contributed by atoms with Crippen molar-refractivity contribution in [3.8, 4) is 44.9 Å². The molecule has 3 nitrogen and oxygen atoms in total. The molecule has 242 valence electrons. The van der Waals surface area contributed by atoms with E-state index in [1.54, 1.807) is 11.3 Å². The molecule has 0 atom stereocenters. The Balaban J connectivity index is 1.15. The highest BCUT2D eigenvalue weighted by atomic mass is 32.1. The molecule has 11 aromatic rings. The van der Waals surface area contributed by atoms with Crippen molar-refractivity contribution in [3.05, 3.63) is 170 Å². The molecule has 3 aromatic heterocycles. The topological polar surface area (TPSA) is 38.9 Å². The van der Waals surface area contributed by atoms with E-state index >= 15 is 0 Å². The van der Waals surface area contributed by atoms with Crippen LogP contribution in [0.2, 0.25) is 0 Å². The number of furan rings is 1. The molecule has 0 bridgehead atoms. The standard InChI is InChI=1S/C48H28N2OS/c1-2-13-32(14-3-1)44-47-45(37-19-8-9-23-42(37)52-47)50-48(49-44)38-21-11-22-41-43(38)40-28-39(35-17-6-7-18-36(35)46(40)51-41)31-26-24-30(25-27-31)34-20-10-15-29-12-4-5-16-33(29)34/h1-28H. The third-order valence-corrected chi connectivity index (χ3v) is 11.5. The van der Waals surface area contributed by atoms with Crippen LogP contribution in [0.15, 0.2) is 174 Å². The molecule has 0 saturated heterocycles. The lowest BCUT2D eigenvalue weighted by molar-refractivity contribution is 0.673. The summed E-state index contributed by atoms with van der Waals surface area (Å²) < 4.78 is 9.04. The molecule has 0 amide bonds. The number of fused-ring (bicyclic) bond motifs is 9. The van der Waals surface area contributed by atoms with Gasteiger partial charge in [-0.1, -0.05) is 152 Å². The molecule has 0 aliphatic rings. The molecule has 8 aromatic carbocycles. The lowest BCUT2D eigenvalue weighted by Gasteiger charge is -2.11. The molecule has 0 spiro atoms. The summed E-state index contributed by atoms with van der Waals surface area (Å²) in [7, 11) is 0. The molecule has 0 fully saturated rings. The van der Waals surface area contributed by atoms with Gasteiger partial charge in [-0.25, -0.2) is 9.97 Å². The van der Waals surface area contributed by atoms with Crippen LogP contribution in [0.1, 0.15) is 0 Å². The van der Waals surface area contributed by atoms with Crippen LogP contribution < -0.4 is 0 Å². The second-order valence-electron chi connectivity index (χ2n) is 13.3. The van der Waals surface area contributed by atoms with Crippen LogP contribution in [0, 0.1) is 0 Å².